The van der Waals surface area contributed by atoms with E-state index in [9.17, 15) is 29.2 Å². The molecule has 0 fully saturated rings. The summed E-state index contributed by atoms with van der Waals surface area (Å²) in [6.07, 6.45) is 7.90. The lowest BCUT2D eigenvalue weighted by Crippen LogP contribution is -2.46. The number of hydrogen-bond donors (Lipinski definition) is 4. The molecular formula is C48H65N7O7. The zero-order valence-corrected chi connectivity index (χ0v) is 36.9. The number of amides is 2. The van der Waals surface area contributed by atoms with Crippen LogP contribution in [0.1, 0.15) is 117 Å². The lowest BCUT2D eigenvalue weighted by Gasteiger charge is -2.32. The van der Waals surface area contributed by atoms with E-state index in [4.69, 9.17) is 26.7 Å². The third-order valence-corrected chi connectivity index (χ3v) is 11.3. The van der Waals surface area contributed by atoms with Crippen LogP contribution in [0.15, 0.2) is 48.7 Å². The Labute approximate surface area is 366 Å². The van der Waals surface area contributed by atoms with Crippen LogP contribution in [0, 0.1) is 30.1 Å². The molecule has 7 N–H and O–H groups in total. The molecule has 3 aromatic rings. The van der Waals surface area contributed by atoms with Gasteiger partial charge in [0.25, 0.3) is 0 Å². The number of nitriles is 1. The summed E-state index contributed by atoms with van der Waals surface area (Å²) in [6.45, 7) is 6.58. The van der Waals surface area contributed by atoms with Gasteiger partial charge in [-0.3, -0.25) is 29.0 Å². The minimum atomic E-state index is -1.21. The van der Waals surface area contributed by atoms with Gasteiger partial charge in [0.05, 0.1) is 12.1 Å². The van der Waals surface area contributed by atoms with E-state index < -0.39 is 41.5 Å². The smallest absolute Gasteiger partial charge is 0.226 e. The second-order valence-corrected chi connectivity index (χ2v) is 16.2. The zero-order valence-electron chi connectivity index (χ0n) is 36.9. The highest BCUT2D eigenvalue weighted by Gasteiger charge is 2.36. The molecule has 1 aliphatic heterocycles. The van der Waals surface area contributed by atoms with Crippen molar-refractivity contribution >= 4 is 29.2 Å². The van der Waals surface area contributed by atoms with Crippen molar-refractivity contribution < 1.29 is 33.4 Å². The summed E-state index contributed by atoms with van der Waals surface area (Å²) in [5, 5.41) is 12.1. The van der Waals surface area contributed by atoms with Crippen molar-refractivity contribution in [2.75, 3.05) is 39.9 Å². The molecule has 0 saturated heterocycles. The molecule has 2 heterocycles. The molecule has 2 aromatic carbocycles. The number of nitrogens with two attached hydrogens (primary N) is 3. The number of aromatic nitrogens is 1. The highest BCUT2D eigenvalue weighted by Crippen LogP contribution is 2.41. The maximum absolute atomic E-state index is 14.7. The van der Waals surface area contributed by atoms with Crippen molar-refractivity contribution in [3.8, 4) is 28.7 Å². The van der Waals surface area contributed by atoms with Crippen molar-refractivity contribution in [3.05, 3.63) is 76.6 Å². The predicted octanol–water partition coefficient (Wildman–Crippen LogP) is 5.49. The maximum atomic E-state index is 14.7. The second-order valence-electron chi connectivity index (χ2n) is 16.2. The van der Waals surface area contributed by atoms with E-state index in [0.717, 1.165) is 30.5 Å². The molecule has 0 aliphatic carbocycles. The molecule has 0 spiro atoms. The van der Waals surface area contributed by atoms with Crippen LogP contribution in [0.2, 0.25) is 0 Å². The molecule has 4 bridgehead atoms. The first-order chi connectivity index (χ1) is 29.9. The first-order valence-corrected chi connectivity index (χ1v) is 22.0. The van der Waals surface area contributed by atoms with Gasteiger partial charge in [0.1, 0.15) is 30.8 Å². The largest absolute Gasteiger partial charge is 0.492 e. The average molecular weight is 852 g/mol. The number of nitrogens with zero attached hydrogens (tertiary/aromatic N) is 3. The minimum Gasteiger partial charge on any atom is -0.492 e. The number of carbonyl (C=O) groups excluding carboxylic acids is 5. The second kappa shape index (κ2) is 24.8. The molecule has 14 nitrogen and oxygen atoms in total. The van der Waals surface area contributed by atoms with Crippen LogP contribution < -0.4 is 32.0 Å². The molecule has 1 aromatic heterocycles. The van der Waals surface area contributed by atoms with Gasteiger partial charge >= 0.3 is 0 Å². The first-order valence-electron chi connectivity index (χ1n) is 22.0. The Hall–Kier alpha value is -5.49. The number of ketones is 3. The Bertz CT molecular complexity index is 2070. The number of likely N-dealkylation sites (N-methyl/N-ethyl adjacent to an activating group) is 1. The molecule has 4 rings (SSSR count). The highest BCUT2D eigenvalue weighted by atomic mass is 16.5. The van der Waals surface area contributed by atoms with Crippen LogP contribution >= 0.6 is 0 Å². The Morgan fingerprint density at radius 3 is 2.26 bits per heavy atom. The maximum Gasteiger partial charge on any atom is 0.226 e. The number of pyridine rings is 1. The van der Waals surface area contributed by atoms with Crippen LogP contribution in [0.4, 0.5) is 0 Å². The van der Waals surface area contributed by atoms with Gasteiger partial charge in [-0.1, -0.05) is 51.7 Å². The van der Waals surface area contributed by atoms with Gasteiger partial charge in [-0.15, -0.1) is 0 Å². The summed E-state index contributed by atoms with van der Waals surface area (Å²) in [4.78, 5) is 76.4. The molecule has 0 unspecified atom stereocenters. The Morgan fingerprint density at radius 2 is 1.61 bits per heavy atom. The summed E-state index contributed by atoms with van der Waals surface area (Å²) >= 11 is 0. The van der Waals surface area contributed by atoms with E-state index in [0.29, 0.717) is 39.3 Å². The number of carbonyl (C=O) groups is 5. The van der Waals surface area contributed by atoms with Gasteiger partial charge in [0.2, 0.25) is 11.8 Å². The van der Waals surface area contributed by atoms with Crippen LogP contribution in [-0.4, -0.2) is 85.0 Å². The van der Waals surface area contributed by atoms with Crippen molar-refractivity contribution in [2.45, 2.75) is 110 Å². The fourth-order valence-corrected chi connectivity index (χ4v) is 7.93. The Kier molecular flexibility index (Phi) is 19.7. The van der Waals surface area contributed by atoms with E-state index >= 15 is 0 Å². The summed E-state index contributed by atoms with van der Waals surface area (Å²) in [5.74, 6) is -2.88. The normalized spacial score (nSPS) is 17.0. The van der Waals surface area contributed by atoms with Gasteiger partial charge in [0, 0.05) is 86.2 Å². The Balaban J connectivity index is 1.78. The fourth-order valence-electron chi connectivity index (χ4n) is 7.93. The zero-order chi connectivity index (χ0) is 45.2. The van der Waals surface area contributed by atoms with Gasteiger partial charge in [-0.2, -0.15) is 5.26 Å². The van der Waals surface area contributed by atoms with Crippen molar-refractivity contribution in [3.63, 3.8) is 0 Å². The van der Waals surface area contributed by atoms with Crippen LogP contribution in [-0.2, 0) is 32.0 Å². The Morgan fingerprint density at radius 1 is 0.935 bits per heavy atom. The number of unbranched alkanes of at least 4 members (excludes halogenated alkanes) is 4. The number of Topliss-reactive ketones (excluding diaryl/α,β-unsaturated/α-hetero) is 3. The van der Waals surface area contributed by atoms with E-state index in [-0.39, 0.29) is 82.9 Å². The van der Waals surface area contributed by atoms with E-state index in [1.165, 1.54) is 31.2 Å². The monoisotopic (exact) mass is 851 g/mol. The molecule has 14 heteroatoms. The van der Waals surface area contributed by atoms with Gasteiger partial charge < -0.3 is 36.9 Å². The molecule has 334 valence electrons. The van der Waals surface area contributed by atoms with Crippen LogP contribution in [0.25, 0.3) is 11.1 Å². The summed E-state index contributed by atoms with van der Waals surface area (Å²) in [6, 6.07) is 12.3. The third kappa shape index (κ3) is 13.5. The van der Waals surface area contributed by atoms with E-state index in [2.05, 4.69) is 17.2 Å². The quantitative estimate of drug-likeness (QED) is 0.0726. The highest BCUT2D eigenvalue weighted by molar-refractivity contribution is 6.00. The van der Waals surface area contributed by atoms with Gasteiger partial charge in [0.15, 0.2) is 17.3 Å². The van der Waals surface area contributed by atoms with Crippen molar-refractivity contribution in [2.24, 2.45) is 29.0 Å². The van der Waals surface area contributed by atoms with Gasteiger partial charge in [-0.05, 0) is 86.2 Å². The summed E-state index contributed by atoms with van der Waals surface area (Å²) < 4.78 is 12.2. The topological polar surface area (TPSA) is 234 Å². The number of rotatable bonds is 22. The van der Waals surface area contributed by atoms with Crippen molar-refractivity contribution in [1.29, 1.82) is 5.26 Å². The lowest BCUT2D eigenvalue weighted by molar-refractivity contribution is -0.142. The first kappa shape index (κ1) is 49.2. The SMILES string of the molecule is CCCCCCCc1cc(C)c(C(=O)C[C@@H](CCN)C(=O)N(C)[C@@H]2C(=O)C[C@@H](C)C(=O)N[C@H](C(=O)CCC#N)Cc3ccc(OCCN)c(c3)-c3cc2ccc3OCCN)cn1. The standard InChI is InChI=1S/C48H65N7O7/c1-5-6-7-8-9-11-36-24-31(2)39(30-53-36)42(57)29-35(17-19-50)48(60)55(4)46-34-14-16-45(62-23-21-52)38(28-34)37-26-33(13-15-44(37)61-22-20-51)27-40(41(56)12-10-18-49)54-47(59)32(3)25-43(46)58/h13-16,24,26,28,30,32,35,40,46H,5-12,17,19-23,25,27,29,50-52H2,1-4H3,(H,54,59)/t32-,35-,40+,46+/m1/s1. The predicted molar refractivity (Wildman–Crippen MR) is 238 cm³/mol. The lowest BCUT2D eigenvalue weighted by atomic mass is 9.88. The average Bonchev–Trinajstić information content (AvgIpc) is 3.26. The molecule has 62 heavy (non-hydrogen) atoms. The number of ether oxygens (including phenoxy) is 2. The van der Waals surface area contributed by atoms with Crippen LogP contribution in [0.3, 0.4) is 0 Å². The van der Waals surface area contributed by atoms with E-state index in [1.54, 1.807) is 43.5 Å². The van der Waals surface area contributed by atoms with Crippen molar-refractivity contribution in [1.82, 2.24) is 15.2 Å². The summed E-state index contributed by atoms with van der Waals surface area (Å²) in [7, 11) is 1.52. The number of benzene rings is 2. The number of hydrogen-bond acceptors (Lipinski definition) is 12. The fraction of sp³-hybridized carbons (Fsp3) is 0.521. The number of aryl methyl sites for hydroxylation is 2. The molecule has 2 amide bonds. The molecule has 0 saturated carbocycles. The van der Waals surface area contributed by atoms with E-state index in [1.807, 2.05) is 25.1 Å². The van der Waals surface area contributed by atoms with Gasteiger partial charge in [-0.25, -0.2) is 0 Å². The van der Waals surface area contributed by atoms with Crippen LogP contribution in [0.5, 0.6) is 11.5 Å². The minimum absolute atomic E-state index is 0.0220. The molecule has 4 atom stereocenters. The molecule has 0 radical (unpaired) electrons. The third-order valence-electron chi connectivity index (χ3n) is 11.3. The number of fused-ring (bicyclic) bond motifs is 5. The number of nitrogens with one attached hydrogen (secondary N) is 1. The molecule has 1 aliphatic rings. The molecular weight excluding hydrogens is 787 g/mol. The summed E-state index contributed by atoms with van der Waals surface area (Å²) in [5.41, 5.74) is 22.1.